The third-order valence-corrected chi connectivity index (χ3v) is 2.15. The van der Waals surface area contributed by atoms with Crippen molar-refractivity contribution in [2.75, 3.05) is 0 Å². The fourth-order valence-corrected chi connectivity index (χ4v) is 1.69. The van der Waals surface area contributed by atoms with Crippen molar-refractivity contribution in [3.63, 3.8) is 0 Å². The van der Waals surface area contributed by atoms with E-state index in [1.54, 1.807) is 4.68 Å². The first-order valence-corrected chi connectivity index (χ1v) is 6.19. The third-order valence-electron chi connectivity index (χ3n) is 2.15. The van der Waals surface area contributed by atoms with Gasteiger partial charge in [-0.05, 0) is 18.9 Å². The standard InChI is InChI=1S/C9H13N4.ClHO4/c1-6-5-7(2)13-8(3)11-12(4)9(13)10-6;2-1(3,4)5/h5H,1-4H3;(H,2,3,4,5)/q+1;. The molecule has 100 valence electrons. The van der Waals surface area contributed by atoms with E-state index in [-0.39, 0.29) is 0 Å². The van der Waals surface area contributed by atoms with Crippen LogP contribution in [0.3, 0.4) is 0 Å². The Morgan fingerprint density at radius 1 is 1.28 bits per heavy atom. The predicted octanol–water partition coefficient (Wildman–Crippen LogP) is -3.64. The van der Waals surface area contributed by atoms with Gasteiger partial charge < -0.3 is 0 Å². The maximum Gasteiger partial charge on any atom is 0.386 e. The molecule has 2 aromatic rings. The molecule has 0 fully saturated rings. The van der Waals surface area contributed by atoms with E-state index in [0.717, 1.165) is 17.3 Å². The van der Waals surface area contributed by atoms with Crippen LogP contribution in [0.25, 0.3) is 5.78 Å². The second-order valence-corrected chi connectivity index (χ2v) is 4.53. The number of halogens is 1. The van der Waals surface area contributed by atoms with E-state index in [1.165, 1.54) is 5.69 Å². The van der Waals surface area contributed by atoms with Gasteiger partial charge in [0.1, 0.15) is 5.69 Å². The summed E-state index contributed by atoms with van der Waals surface area (Å²) in [5, 5.41) is 4.31. The largest absolute Gasteiger partial charge is 0.386 e. The normalized spacial score (nSPS) is 11.3. The van der Waals surface area contributed by atoms with Crippen LogP contribution in [0.1, 0.15) is 17.2 Å². The molecule has 0 bridgehead atoms. The van der Waals surface area contributed by atoms with Gasteiger partial charge in [0.25, 0.3) is 0 Å². The van der Waals surface area contributed by atoms with E-state index in [0.29, 0.717) is 0 Å². The molecular weight excluding hydrogens is 264 g/mol. The van der Waals surface area contributed by atoms with Gasteiger partial charge in [-0.15, -0.1) is 9.67 Å². The Hall–Kier alpha value is -1.32. The van der Waals surface area contributed by atoms with Gasteiger partial charge in [-0.1, -0.05) is 0 Å². The van der Waals surface area contributed by atoms with Gasteiger partial charge in [0.2, 0.25) is 5.82 Å². The summed E-state index contributed by atoms with van der Waals surface area (Å²) in [5.74, 6) is 1.87. The summed E-state index contributed by atoms with van der Waals surface area (Å²) in [5.41, 5.74) is 2.20. The van der Waals surface area contributed by atoms with Crippen molar-refractivity contribution in [1.82, 2.24) is 14.8 Å². The number of fused-ring (bicyclic) bond motifs is 1. The highest BCUT2D eigenvalue weighted by atomic mass is 35.7. The Balaban J connectivity index is 0.000000280. The molecule has 0 saturated carbocycles. The summed E-state index contributed by atoms with van der Waals surface area (Å²) < 4.78 is 36.6. The van der Waals surface area contributed by atoms with Crippen LogP contribution in [-0.2, 0) is 7.05 Å². The molecule has 0 unspecified atom stereocenters. The van der Waals surface area contributed by atoms with E-state index >= 15 is 0 Å². The van der Waals surface area contributed by atoms with Crippen LogP contribution in [0.15, 0.2) is 6.07 Å². The predicted molar refractivity (Wildman–Crippen MR) is 50.6 cm³/mol. The lowest BCUT2D eigenvalue weighted by Gasteiger charge is -2.03. The van der Waals surface area contributed by atoms with Gasteiger partial charge in [0.05, 0.1) is 27.6 Å². The quantitative estimate of drug-likeness (QED) is 0.495. The van der Waals surface area contributed by atoms with Gasteiger partial charge in [0, 0.05) is 13.0 Å². The molecule has 2 rings (SSSR count). The first-order chi connectivity index (χ1) is 8.09. The van der Waals surface area contributed by atoms with Crippen LogP contribution >= 0.6 is 0 Å². The van der Waals surface area contributed by atoms with Crippen LogP contribution in [0.4, 0.5) is 0 Å². The van der Waals surface area contributed by atoms with Crippen molar-refractivity contribution < 1.29 is 33.3 Å². The zero-order valence-electron chi connectivity index (χ0n) is 10.4. The lowest BCUT2D eigenvalue weighted by molar-refractivity contribution is -1.92. The highest BCUT2D eigenvalue weighted by Gasteiger charge is 2.16. The minimum atomic E-state index is -4.69. The smallest absolute Gasteiger partial charge is 0.192 e. The van der Waals surface area contributed by atoms with Gasteiger partial charge in [0.15, 0.2) is 0 Å². The molecule has 0 atom stereocenters. The molecule has 0 aliphatic rings. The SMILES string of the molecule is Cc1cc(C)[n+]2c(C)nn(C)c2n1.[O-][Cl+3]([O-])([O-])O. The molecule has 0 radical (unpaired) electrons. The molecule has 2 heterocycles. The van der Waals surface area contributed by atoms with Crippen molar-refractivity contribution >= 4 is 5.78 Å². The monoisotopic (exact) mass is 277 g/mol. The van der Waals surface area contributed by atoms with Crippen LogP contribution < -0.4 is 18.4 Å². The molecule has 18 heavy (non-hydrogen) atoms. The zero-order chi connectivity index (χ0) is 14.1. The maximum absolute atomic E-state index is 8.60. The number of aromatic nitrogens is 4. The number of nitrogens with zero attached hydrogens (tertiary/aromatic N) is 4. The molecule has 0 aliphatic heterocycles. The van der Waals surface area contributed by atoms with Gasteiger partial charge in [-0.3, -0.25) is 0 Å². The van der Waals surface area contributed by atoms with Crippen molar-refractivity contribution in [1.29, 1.82) is 0 Å². The zero-order valence-corrected chi connectivity index (χ0v) is 11.2. The summed E-state index contributed by atoms with van der Waals surface area (Å²) >= 11 is 0. The van der Waals surface area contributed by atoms with E-state index in [1.807, 2.05) is 25.3 Å². The molecule has 9 heteroatoms. The van der Waals surface area contributed by atoms with Gasteiger partial charge in [-0.25, -0.2) is 0 Å². The van der Waals surface area contributed by atoms with Crippen LogP contribution in [0, 0.1) is 31.0 Å². The molecule has 0 spiro atoms. The average molecular weight is 278 g/mol. The summed E-state index contributed by atoms with van der Waals surface area (Å²) in [4.78, 5) is 4.42. The average Bonchev–Trinajstić information content (AvgIpc) is 2.38. The van der Waals surface area contributed by atoms with Crippen molar-refractivity contribution in [3.8, 4) is 0 Å². The van der Waals surface area contributed by atoms with E-state index in [4.69, 9.17) is 18.6 Å². The van der Waals surface area contributed by atoms with E-state index < -0.39 is 10.2 Å². The molecule has 8 nitrogen and oxygen atoms in total. The number of rotatable bonds is 0. The Bertz CT molecular complexity index is 558. The van der Waals surface area contributed by atoms with Crippen molar-refractivity contribution in [2.45, 2.75) is 20.8 Å². The van der Waals surface area contributed by atoms with E-state index in [9.17, 15) is 0 Å². The number of hydrogen-bond acceptors (Lipinski definition) is 6. The molecule has 2 aromatic heterocycles. The minimum absolute atomic E-state index is 0.898. The Labute approximate surface area is 105 Å². The number of aryl methyl sites for hydroxylation is 4. The summed E-state index contributed by atoms with van der Waals surface area (Å²) in [7, 11) is -2.78. The van der Waals surface area contributed by atoms with Crippen LogP contribution in [-0.4, -0.2) is 19.4 Å². The van der Waals surface area contributed by atoms with Gasteiger partial charge in [-0.2, -0.15) is 18.4 Å². The maximum atomic E-state index is 8.60. The summed E-state index contributed by atoms with van der Waals surface area (Å²) in [6.45, 7) is 6.04. The van der Waals surface area contributed by atoms with Crippen molar-refractivity contribution in [2.24, 2.45) is 7.05 Å². The fraction of sp³-hybridized carbons (Fsp3) is 0.444. The molecule has 0 saturated heterocycles. The Kier molecular flexibility index (Phi) is 4.20. The number of hydrogen-bond donors (Lipinski definition) is 1. The lowest BCUT2D eigenvalue weighted by atomic mass is 10.3. The fourth-order valence-electron chi connectivity index (χ4n) is 1.69. The minimum Gasteiger partial charge on any atom is -0.192 e. The molecule has 0 aliphatic carbocycles. The van der Waals surface area contributed by atoms with Crippen molar-refractivity contribution in [3.05, 3.63) is 23.3 Å². The highest BCUT2D eigenvalue weighted by Crippen LogP contribution is 2.00. The van der Waals surface area contributed by atoms with Crippen LogP contribution in [0.5, 0.6) is 0 Å². The molecule has 0 amide bonds. The Morgan fingerprint density at radius 3 is 2.28 bits per heavy atom. The highest BCUT2D eigenvalue weighted by molar-refractivity contribution is 5.20. The lowest BCUT2D eigenvalue weighted by Crippen LogP contribution is -2.58. The summed E-state index contributed by atoms with van der Waals surface area (Å²) in [6, 6.07) is 2.06. The first-order valence-electron chi connectivity index (χ1n) is 4.92. The third kappa shape index (κ3) is 3.86. The first kappa shape index (κ1) is 14.7. The molecule has 0 aromatic carbocycles. The second kappa shape index (κ2) is 5.12. The molecular formula is C9H14ClN4O4+. The topological polar surface area (TPSA) is 124 Å². The Morgan fingerprint density at radius 2 is 1.78 bits per heavy atom. The molecule has 1 N–H and O–H groups in total. The van der Waals surface area contributed by atoms with Gasteiger partial charge >= 0.3 is 5.78 Å². The summed E-state index contributed by atoms with van der Waals surface area (Å²) in [6.07, 6.45) is 0. The van der Waals surface area contributed by atoms with E-state index in [2.05, 4.69) is 23.1 Å². The second-order valence-electron chi connectivity index (χ2n) is 3.74. The van der Waals surface area contributed by atoms with Crippen LogP contribution in [0.2, 0.25) is 0 Å².